The van der Waals surface area contributed by atoms with Crippen LogP contribution in [0.1, 0.15) is 38.6 Å². The van der Waals surface area contributed by atoms with Gasteiger partial charge in [0.25, 0.3) is 0 Å². The molecule has 1 aromatic carbocycles. The molecule has 122 valence electrons. The second-order valence-corrected chi connectivity index (χ2v) is 7.42. The van der Waals surface area contributed by atoms with Gasteiger partial charge in [0.2, 0.25) is 0 Å². The molecule has 0 saturated heterocycles. The molecule has 1 aromatic heterocycles. The van der Waals surface area contributed by atoms with Crippen LogP contribution in [0.3, 0.4) is 0 Å². The summed E-state index contributed by atoms with van der Waals surface area (Å²) in [7, 11) is 1.69. The van der Waals surface area contributed by atoms with Crippen LogP contribution in [-0.2, 0) is 0 Å². The normalized spacial score (nSPS) is 27.3. The molecule has 4 nitrogen and oxygen atoms in total. The van der Waals surface area contributed by atoms with E-state index in [4.69, 9.17) is 17.0 Å². The number of H-pyrrole nitrogens is 1. The Morgan fingerprint density at radius 3 is 2.91 bits per heavy atom. The van der Waals surface area contributed by atoms with Crippen molar-refractivity contribution in [2.24, 2.45) is 17.8 Å². The van der Waals surface area contributed by atoms with Crippen molar-refractivity contribution in [2.45, 2.75) is 38.6 Å². The van der Waals surface area contributed by atoms with Crippen molar-refractivity contribution in [3.05, 3.63) is 29.0 Å². The summed E-state index contributed by atoms with van der Waals surface area (Å²) in [4.78, 5) is 0. The second kappa shape index (κ2) is 5.78. The Kier molecular flexibility index (Phi) is 3.76. The predicted octanol–water partition coefficient (Wildman–Crippen LogP) is 4.61. The summed E-state index contributed by atoms with van der Waals surface area (Å²) >= 11 is 5.55. The number of ether oxygens (including phenoxy) is 1. The largest absolute Gasteiger partial charge is 0.497 e. The summed E-state index contributed by atoms with van der Waals surface area (Å²) in [6, 6.07) is 8.43. The highest BCUT2D eigenvalue weighted by molar-refractivity contribution is 7.71. The Bertz CT molecular complexity index is 766. The molecule has 0 radical (unpaired) electrons. The summed E-state index contributed by atoms with van der Waals surface area (Å²) in [5, 5.41) is 7.50. The highest BCUT2D eigenvalue weighted by atomic mass is 32.1. The number of aromatic nitrogens is 3. The number of aromatic amines is 1. The number of nitrogens with zero attached hydrogens (tertiary/aromatic N) is 2. The maximum atomic E-state index is 5.55. The van der Waals surface area contributed by atoms with Crippen LogP contribution < -0.4 is 4.74 Å². The minimum atomic E-state index is 0.387. The zero-order valence-corrected chi connectivity index (χ0v) is 14.5. The fourth-order valence-corrected chi connectivity index (χ4v) is 5.02. The van der Waals surface area contributed by atoms with Crippen molar-refractivity contribution >= 4 is 12.2 Å². The first-order chi connectivity index (χ1) is 11.2. The van der Waals surface area contributed by atoms with Crippen molar-refractivity contribution in [3.63, 3.8) is 0 Å². The molecule has 0 spiro atoms. The molecule has 4 unspecified atom stereocenters. The molecule has 2 aromatic rings. The summed E-state index contributed by atoms with van der Waals surface area (Å²) < 4.78 is 8.29. The lowest BCUT2D eigenvalue weighted by molar-refractivity contribution is 0.242. The minimum absolute atomic E-state index is 0.387. The van der Waals surface area contributed by atoms with Crippen LogP contribution in [0.5, 0.6) is 5.75 Å². The first-order valence-electron chi connectivity index (χ1n) is 8.48. The van der Waals surface area contributed by atoms with E-state index in [-0.39, 0.29) is 0 Å². The van der Waals surface area contributed by atoms with Crippen molar-refractivity contribution < 1.29 is 4.74 Å². The fraction of sp³-hybridized carbons (Fsp3) is 0.556. The lowest BCUT2D eigenvalue weighted by atomic mass is 9.84. The van der Waals surface area contributed by atoms with E-state index in [1.165, 1.54) is 25.7 Å². The van der Waals surface area contributed by atoms with Gasteiger partial charge in [-0.2, -0.15) is 5.10 Å². The Morgan fingerprint density at radius 1 is 1.35 bits per heavy atom. The van der Waals surface area contributed by atoms with E-state index in [1.807, 2.05) is 18.2 Å². The number of hydrogen-bond donors (Lipinski definition) is 1. The van der Waals surface area contributed by atoms with Gasteiger partial charge in [0.05, 0.1) is 7.11 Å². The smallest absolute Gasteiger partial charge is 0.195 e. The lowest BCUT2D eigenvalue weighted by Crippen LogP contribution is -2.22. The van der Waals surface area contributed by atoms with E-state index in [0.29, 0.717) is 6.04 Å². The van der Waals surface area contributed by atoms with Crippen LogP contribution in [-0.4, -0.2) is 21.9 Å². The average molecular weight is 329 g/mol. The fourth-order valence-electron chi connectivity index (χ4n) is 4.72. The lowest BCUT2D eigenvalue weighted by Gasteiger charge is -2.29. The first-order valence-corrected chi connectivity index (χ1v) is 8.89. The molecule has 2 aliphatic carbocycles. The van der Waals surface area contributed by atoms with Crippen LogP contribution in [0.25, 0.3) is 11.4 Å². The van der Waals surface area contributed by atoms with Gasteiger partial charge in [-0.05, 0) is 68.3 Å². The quantitative estimate of drug-likeness (QED) is 0.833. The van der Waals surface area contributed by atoms with Gasteiger partial charge >= 0.3 is 0 Å². The number of hydrogen-bond acceptors (Lipinski definition) is 3. The van der Waals surface area contributed by atoms with Crippen LogP contribution in [0.4, 0.5) is 0 Å². The Balaban J connectivity index is 1.71. The molecule has 4 atom stereocenters. The average Bonchev–Trinajstić information content (AvgIpc) is 3.29. The van der Waals surface area contributed by atoms with Gasteiger partial charge in [0, 0.05) is 11.6 Å². The molecule has 0 amide bonds. The van der Waals surface area contributed by atoms with Crippen molar-refractivity contribution in [3.8, 4) is 17.1 Å². The third kappa shape index (κ3) is 2.51. The molecule has 0 aliphatic heterocycles. The summed E-state index contributed by atoms with van der Waals surface area (Å²) in [6.07, 6.45) is 5.57. The predicted molar refractivity (Wildman–Crippen MR) is 93.0 cm³/mol. The maximum Gasteiger partial charge on any atom is 0.195 e. The van der Waals surface area contributed by atoms with E-state index in [2.05, 4.69) is 27.8 Å². The molecule has 2 aliphatic rings. The molecule has 5 heteroatoms. The van der Waals surface area contributed by atoms with E-state index < -0.39 is 0 Å². The first kappa shape index (κ1) is 14.9. The van der Waals surface area contributed by atoms with Gasteiger partial charge in [0.1, 0.15) is 5.75 Å². The monoisotopic (exact) mass is 329 g/mol. The topological polar surface area (TPSA) is 42.8 Å². The molecule has 1 heterocycles. The number of benzene rings is 1. The number of nitrogens with one attached hydrogen (secondary N) is 1. The van der Waals surface area contributed by atoms with Crippen molar-refractivity contribution in [1.29, 1.82) is 0 Å². The SMILES string of the molecule is COc1cccc(-c2n[nH]c(=S)n2C(C)C2CC3CCC2C3)c1. The van der Waals surface area contributed by atoms with Gasteiger partial charge in [-0.3, -0.25) is 9.67 Å². The molecule has 2 fully saturated rings. The molecule has 1 N–H and O–H groups in total. The Hall–Kier alpha value is -1.62. The number of methoxy groups -OCH3 is 1. The molecule has 23 heavy (non-hydrogen) atoms. The highest BCUT2D eigenvalue weighted by Crippen LogP contribution is 2.52. The second-order valence-electron chi connectivity index (χ2n) is 7.03. The zero-order chi connectivity index (χ0) is 16.0. The zero-order valence-electron chi connectivity index (χ0n) is 13.7. The van der Waals surface area contributed by atoms with Gasteiger partial charge in [0.15, 0.2) is 10.6 Å². The van der Waals surface area contributed by atoms with Crippen LogP contribution in [0.15, 0.2) is 24.3 Å². The summed E-state index contributed by atoms with van der Waals surface area (Å²) in [5.74, 6) is 4.29. The number of fused-ring (bicyclic) bond motifs is 2. The van der Waals surface area contributed by atoms with Gasteiger partial charge in [-0.25, -0.2) is 0 Å². The van der Waals surface area contributed by atoms with Gasteiger partial charge in [-0.1, -0.05) is 18.6 Å². The van der Waals surface area contributed by atoms with E-state index in [1.54, 1.807) is 7.11 Å². The highest BCUT2D eigenvalue weighted by Gasteiger charge is 2.42. The van der Waals surface area contributed by atoms with Crippen LogP contribution in [0.2, 0.25) is 0 Å². The minimum Gasteiger partial charge on any atom is -0.497 e. The summed E-state index contributed by atoms with van der Waals surface area (Å²) in [6.45, 7) is 2.31. The van der Waals surface area contributed by atoms with Crippen LogP contribution in [0, 0.1) is 22.5 Å². The van der Waals surface area contributed by atoms with E-state index >= 15 is 0 Å². The Morgan fingerprint density at radius 2 is 2.22 bits per heavy atom. The van der Waals surface area contributed by atoms with E-state index in [9.17, 15) is 0 Å². The molecule has 2 bridgehead atoms. The maximum absolute atomic E-state index is 5.55. The van der Waals surface area contributed by atoms with Crippen LogP contribution >= 0.6 is 12.2 Å². The third-order valence-electron chi connectivity index (χ3n) is 5.85. The van der Waals surface area contributed by atoms with Crippen molar-refractivity contribution in [2.75, 3.05) is 7.11 Å². The standard InChI is InChI=1S/C18H23N3OS/c1-11(16-9-12-6-7-13(16)8-12)21-17(19-20-18(21)23)14-4-3-5-15(10-14)22-2/h3-5,10-13,16H,6-9H2,1-2H3,(H,20,23). The molecular weight excluding hydrogens is 306 g/mol. The third-order valence-corrected chi connectivity index (χ3v) is 6.14. The molecule has 4 rings (SSSR count). The molecule has 2 saturated carbocycles. The Labute approximate surface area is 141 Å². The van der Waals surface area contributed by atoms with E-state index in [0.717, 1.165) is 39.7 Å². The van der Waals surface area contributed by atoms with Crippen molar-refractivity contribution in [1.82, 2.24) is 14.8 Å². The molecular formula is C18H23N3OS. The van der Waals surface area contributed by atoms with Gasteiger partial charge < -0.3 is 4.74 Å². The number of rotatable bonds is 4. The van der Waals surface area contributed by atoms with Gasteiger partial charge in [-0.15, -0.1) is 0 Å². The summed E-state index contributed by atoms with van der Waals surface area (Å²) in [5.41, 5.74) is 1.05.